The molecule has 36 heavy (non-hydrogen) atoms. The third kappa shape index (κ3) is 6.92. The monoisotopic (exact) mass is 485 g/mol. The number of nitrogens with zero attached hydrogens (tertiary/aromatic N) is 4. The van der Waals surface area contributed by atoms with Crippen LogP contribution in [-0.2, 0) is 29.2 Å². The van der Waals surface area contributed by atoms with Gasteiger partial charge >= 0.3 is 12.2 Å². The van der Waals surface area contributed by atoms with Crippen LogP contribution >= 0.6 is 0 Å². The van der Waals surface area contributed by atoms with Gasteiger partial charge in [0.2, 0.25) is 0 Å². The van der Waals surface area contributed by atoms with Gasteiger partial charge in [-0.15, -0.1) is 5.10 Å². The van der Waals surface area contributed by atoms with Gasteiger partial charge in [-0.3, -0.25) is 0 Å². The number of nitrogens with one attached hydrogen (secondary N) is 1. The van der Waals surface area contributed by atoms with Crippen molar-refractivity contribution in [3.8, 4) is 11.3 Å². The van der Waals surface area contributed by atoms with E-state index in [0.717, 1.165) is 21.7 Å². The van der Waals surface area contributed by atoms with Crippen LogP contribution in [0.1, 0.15) is 18.1 Å². The average Bonchev–Trinajstić information content (AvgIpc) is 3.39. The molecule has 4 aromatic rings. The maximum Gasteiger partial charge on any atom is 0.429 e. The summed E-state index contributed by atoms with van der Waals surface area (Å²) in [5, 5.41) is 9.49. The van der Waals surface area contributed by atoms with Crippen LogP contribution in [0.3, 0.4) is 0 Å². The maximum atomic E-state index is 13.0. The molecule has 9 heteroatoms. The topological polar surface area (TPSA) is 98.6 Å². The molecule has 3 aromatic carbocycles. The van der Waals surface area contributed by atoms with Gasteiger partial charge in [0.15, 0.2) is 0 Å². The van der Waals surface area contributed by atoms with Crippen molar-refractivity contribution in [2.24, 2.45) is 0 Å². The van der Waals surface area contributed by atoms with Crippen LogP contribution in [0.25, 0.3) is 11.3 Å². The Balaban J connectivity index is 1.42. The van der Waals surface area contributed by atoms with Crippen molar-refractivity contribution in [1.82, 2.24) is 25.4 Å². The molecule has 0 saturated heterocycles. The molecule has 2 amide bonds. The van der Waals surface area contributed by atoms with Crippen molar-refractivity contribution < 1.29 is 19.1 Å². The average molecular weight is 486 g/mol. The predicted molar refractivity (Wildman–Crippen MR) is 133 cm³/mol. The summed E-state index contributed by atoms with van der Waals surface area (Å²) in [6.07, 6.45) is 0.296. The highest BCUT2D eigenvalue weighted by Crippen LogP contribution is 2.15. The van der Waals surface area contributed by atoms with E-state index in [2.05, 4.69) is 15.7 Å². The summed E-state index contributed by atoms with van der Waals surface area (Å²) in [6, 6.07) is 27.7. The summed E-state index contributed by atoms with van der Waals surface area (Å²) < 4.78 is 12.4. The highest BCUT2D eigenvalue weighted by molar-refractivity contribution is 5.74. The van der Waals surface area contributed by atoms with E-state index in [1.807, 2.05) is 91.0 Å². The van der Waals surface area contributed by atoms with E-state index in [1.165, 1.54) is 0 Å². The van der Waals surface area contributed by atoms with E-state index in [9.17, 15) is 9.59 Å². The van der Waals surface area contributed by atoms with Gasteiger partial charge in [0.05, 0.1) is 18.8 Å². The Labute approximate surface area is 209 Å². The first-order valence-corrected chi connectivity index (χ1v) is 11.5. The zero-order valence-electron chi connectivity index (χ0n) is 19.9. The molecule has 0 unspecified atom stereocenters. The fourth-order valence-corrected chi connectivity index (χ4v) is 3.46. The number of carbonyl (C=O) groups is 2. The standard InChI is InChI=1S/C27H27N5O4/c1-21(17-31-18-25(28-30-31)24-15-9-4-10-16-24)32(27(34)36-20-23-13-7-3-8-14-23)29-26(33)35-19-22-11-5-2-6-12-22/h2-16,18,21H,17,19-20H2,1H3,(H,29,33)/t21-/m1/s1. The number of ether oxygens (including phenoxy) is 2. The second-order valence-corrected chi connectivity index (χ2v) is 8.12. The van der Waals surface area contributed by atoms with Gasteiger partial charge < -0.3 is 9.47 Å². The minimum absolute atomic E-state index is 0.0606. The van der Waals surface area contributed by atoms with Gasteiger partial charge in [0, 0.05) is 5.56 Å². The first-order chi connectivity index (χ1) is 17.6. The van der Waals surface area contributed by atoms with Crippen LogP contribution in [0.4, 0.5) is 9.59 Å². The molecule has 0 radical (unpaired) electrons. The molecule has 0 fully saturated rings. The normalized spacial score (nSPS) is 11.4. The van der Waals surface area contributed by atoms with Gasteiger partial charge in [-0.25, -0.2) is 24.7 Å². The lowest BCUT2D eigenvalue weighted by Crippen LogP contribution is -2.52. The Hall–Kier alpha value is -4.66. The lowest BCUT2D eigenvalue weighted by Gasteiger charge is -2.28. The van der Waals surface area contributed by atoms with E-state index >= 15 is 0 Å². The second-order valence-electron chi connectivity index (χ2n) is 8.12. The number of carbonyl (C=O) groups excluding carboxylic acids is 2. The van der Waals surface area contributed by atoms with Crippen molar-refractivity contribution in [2.75, 3.05) is 0 Å². The van der Waals surface area contributed by atoms with Crippen LogP contribution in [0.5, 0.6) is 0 Å². The predicted octanol–water partition coefficient (Wildman–Crippen LogP) is 4.81. The number of hydrogen-bond acceptors (Lipinski definition) is 6. The molecule has 0 spiro atoms. The fraction of sp³-hybridized carbons (Fsp3) is 0.185. The third-order valence-corrected chi connectivity index (χ3v) is 5.33. The van der Waals surface area contributed by atoms with Gasteiger partial charge in [-0.1, -0.05) is 96.2 Å². The lowest BCUT2D eigenvalue weighted by atomic mass is 10.2. The minimum Gasteiger partial charge on any atom is -0.443 e. The highest BCUT2D eigenvalue weighted by Gasteiger charge is 2.25. The molecule has 0 aliphatic rings. The molecule has 1 heterocycles. The SMILES string of the molecule is C[C@H](Cn1cc(-c2ccccc2)nn1)N(NC(=O)OCc1ccccc1)C(=O)OCc1ccccc1. The largest absolute Gasteiger partial charge is 0.443 e. The fourth-order valence-electron chi connectivity index (χ4n) is 3.46. The molecule has 4 rings (SSSR count). The number of benzene rings is 3. The van der Waals surface area contributed by atoms with Gasteiger partial charge in [0.1, 0.15) is 18.9 Å². The Morgan fingerprint density at radius 2 is 1.42 bits per heavy atom. The molecule has 0 aliphatic carbocycles. The molecule has 9 nitrogen and oxygen atoms in total. The van der Waals surface area contributed by atoms with Crippen molar-refractivity contribution in [2.45, 2.75) is 32.7 Å². The van der Waals surface area contributed by atoms with Crippen LogP contribution < -0.4 is 5.43 Å². The van der Waals surface area contributed by atoms with E-state index in [0.29, 0.717) is 5.69 Å². The minimum atomic E-state index is -0.772. The smallest absolute Gasteiger partial charge is 0.429 e. The molecular weight excluding hydrogens is 458 g/mol. The summed E-state index contributed by atoms with van der Waals surface area (Å²) in [5.41, 5.74) is 5.81. The molecule has 184 valence electrons. The van der Waals surface area contributed by atoms with Crippen LogP contribution in [0.2, 0.25) is 0 Å². The maximum absolute atomic E-state index is 13.0. The summed E-state index contributed by atoms with van der Waals surface area (Å²) in [4.78, 5) is 25.5. The van der Waals surface area contributed by atoms with E-state index in [1.54, 1.807) is 17.8 Å². The van der Waals surface area contributed by atoms with Crippen LogP contribution in [0, 0.1) is 0 Å². The lowest BCUT2D eigenvalue weighted by molar-refractivity contribution is 0.0455. The van der Waals surface area contributed by atoms with E-state index in [-0.39, 0.29) is 19.8 Å². The van der Waals surface area contributed by atoms with E-state index in [4.69, 9.17) is 9.47 Å². The number of hydrazine groups is 1. The Kier molecular flexibility index (Phi) is 8.27. The number of hydrogen-bond donors (Lipinski definition) is 1. The third-order valence-electron chi connectivity index (χ3n) is 5.33. The molecule has 0 aliphatic heterocycles. The zero-order chi connectivity index (χ0) is 25.2. The van der Waals surface area contributed by atoms with E-state index < -0.39 is 18.2 Å². The summed E-state index contributed by atoms with van der Waals surface area (Å²) in [6.45, 7) is 2.16. The molecule has 1 aromatic heterocycles. The number of aromatic nitrogens is 3. The van der Waals surface area contributed by atoms with Crippen molar-refractivity contribution in [3.63, 3.8) is 0 Å². The molecule has 0 saturated carbocycles. The second kappa shape index (κ2) is 12.2. The molecule has 1 atom stereocenters. The number of rotatable bonds is 8. The van der Waals surface area contributed by atoms with Gasteiger partial charge in [0.25, 0.3) is 0 Å². The Morgan fingerprint density at radius 3 is 2.03 bits per heavy atom. The van der Waals surface area contributed by atoms with Crippen LogP contribution in [0.15, 0.2) is 97.2 Å². The first kappa shape index (κ1) is 24.5. The highest BCUT2D eigenvalue weighted by atomic mass is 16.6. The molecule has 1 N–H and O–H groups in total. The van der Waals surface area contributed by atoms with Crippen LogP contribution in [-0.4, -0.2) is 38.2 Å². The number of amides is 2. The zero-order valence-corrected chi connectivity index (χ0v) is 19.9. The molecular formula is C27H27N5O4. The summed E-state index contributed by atoms with van der Waals surface area (Å²) in [7, 11) is 0. The Bertz CT molecular complexity index is 1250. The van der Waals surface area contributed by atoms with Crippen molar-refractivity contribution in [1.29, 1.82) is 0 Å². The first-order valence-electron chi connectivity index (χ1n) is 11.5. The Morgan fingerprint density at radius 1 is 0.861 bits per heavy atom. The van der Waals surface area contributed by atoms with Crippen molar-refractivity contribution in [3.05, 3.63) is 108 Å². The molecule has 0 bridgehead atoms. The van der Waals surface area contributed by atoms with Gasteiger partial charge in [-0.2, -0.15) is 0 Å². The van der Waals surface area contributed by atoms with Gasteiger partial charge in [-0.05, 0) is 18.1 Å². The van der Waals surface area contributed by atoms with Crippen molar-refractivity contribution >= 4 is 12.2 Å². The summed E-state index contributed by atoms with van der Waals surface area (Å²) >= 11 is 0. The summed E-state index contributed by atoms with van der Waals surface area (Å²) in [5.74, 6) is 0. The quantitative estimate of drug-likeness (QED) is 0.360.